The molecule has 0 aliphatic heterocycles. The molecule has 0 amide bonds. The van der Waals surface area contributed by atoms with Gasteiger partial charge < -0.3 is 4.74 Å². The highest BCUT2D eigenvalue weighted by Crippen LogP contribution is 2.28. The largest absolute Gasteiger partial charge is 0.411 e. The molecule has 0 bridgehead atoms. The van der Waals surface area contributed by atoms with Crippen molar-refractivity contribution in [1.29, 1.82) is 0 Å². The van der Waals surface area contributed by atoms with E-state index in [9.17, 15) is 18.0 Å². The average molecular weight is 331 g/mol. The molecule has 0 spiro atoms. The third-order valence-corrected chi connectivity index (χ3v) is 4.05. The fraction of sp³-hybridized carbons (Fsp3) is 0.500. The first kappa shape index (κ1) is 14.7. The number of ether oxygens (including phenoxy) is 1. The molecule has 0 aliphatic carbocycles. The van der Waals surface area contributed by atoms with Crippen LogP contribution in [-0.2, 0) is 4.74 Å². The summed E-state index contributed by atoms with van der Waals surface area (Å²) in [6, 6.07) is 1.71. The molecule has 0 aliphatic rings. The van der Waals surface area contributed by atoms with Crippen LogP contribution in [0.25, 0.3) is 0 Å². The van der Waals surface area contributed by atoms with Gasteiger partial charge in [-0.05, 0) is 34.5 Å². The van der Waals surface area contributed by atoms with Crippen molar-refractivity contribution in [3.8, 4) is 0 Å². The maximum Gasteiger partial charge on any atom is 0.411 e. The standard InChI is InChI=1S/C10H10BrF3O2S/c1-6-4-8(17-9(6)11)7(15)2-3-16-5-10(12,13)14/h4H,2-3,5H2,1H3. The first-order valence-corrected chi connectivity index (χ1v) is 6.34. The molecular formula is C10H10BrF3O2S. The Morgan fingerprint density at radius 3 is 2.65 bits per heavy atom. The van der Waals surface area contributed by atoms with E-state index in [4.69, 9.17) is 0 Å². The average Bonchev–Trinajstić information content (AvgIpc) is 2.52. The fourth-order valence-corrected chi connectivity index (χ4v) is 2.58. The van der Waals surface area contributed by atoms with Crippen LogP contribution < -0.4 is 0 Å². The van der Waals surface area contributed by atoms with Gasteiger partial charge in [-0.1, -0.05) is 0 Å². The highest BCUT2D eigenvalue weighted by molar-refractivity contribution is 9.11. The zero-order chi connectivity index (χ0) is 13.1. The molecular weight excluding hydrogens is 321 g/mol. The SMILES string of the molecule is Cc1cc(C(=O)CCOCC(F)(F)F)sc1Br. The molecule has 0 N–H and O–H groups in total. The molecule has 0 aromatic carbocycles. The molecule has 0 unspecified atom stereocenters. The molecule has 0 radical (unpaired) electrons. The maximum absolute atomic E-state index is 11.7. The lowest BCUT2D eigenvalue weighted by atomic mass is 10.2. The molecule has 0 saturated heterocycles. The summed E-state index contributed by atoms with van der Waals surface area (Å²) in [6.45, 7) is 0.317. The van der Waals surface area contributed by atoms with Crippen molar-refractivity contribution in [3.05, 3.63) is 20.3 Å². The quantitative estimate of drug-likeness (QED) is 0.603. The predicted molar refractivity (Wildman–Crippen MR) is 62.6 cm³/mol. The lowest BCUT2D eigenvalue weighted by Crippen LogP contribution is -2.18. The summed E-state index contributed by atoms with van der Waals surface area (Å²) in [6.07, 6.45) is -4.38. The number of carbonyl (C=O) groups is 1. The number of Topliss-reactive ketones (excluding diaryl/α,β-unsaturated/α-hetero) is 1. The summed E-state index contributed by atoms with van der Waals surface area (Å²) in [4.78, 5) is 12.1. The Balaban J connectivity index is 2.35. The van der Waals surface area contributed by atoms with Gasteiger partial charge in [0.15, 0.2) is 5.78 Å². The Bertz CT molecular complexity index is 381. The van der Waals surface area contributed by atoms with Crippen molar-refractivity contribution < 1.29 is 22.7 Å². The highest BCUT2D eigenvalue weighted by Gasteiger charge is 2.27. The van der Waals surface area contributed by atoms with Gasteiger partial charge >= 0.3 is 6.18 Å². The summed E-state index contributed by atoms with van der Waals surface area (Å²) in [5.74, 6) is -0.203. The lowest BCUT2D eigenvalue weighted by molar-refractivity contribution is -0.173. The number of ketones is 1. The number of carbonyl (C=O) groups excluding carboxylic acids is 1. The van der Waals surface area contributed by atoms with E-state index in [1.807, 2.05) is 6.92 Å². The molecule has 1 aromatic heterocycles. The molecule has 1 aromatic rings. The molecule has 1 rings (SSSR count). The first-order chi connectivity index (χ1) is 7.79. The summed E-state index contributed by atoms with van der Waals surface area (Å²) >= 11 is 4.55. The van der Waals surface area contributed by atoms with E-state index < -0.39 is 12.8 Å². The zero-order valence-electron chi connectivity index (χ0n) is 8.94. The highest BCUT2D eigenvalue weighted by atomic mass is 79.9. The van der Waals surface area contributed by atoms with Crippen molar-refractivity contribution in [2.45, 2.75) is 19.5 Å². The van der Waals surface area contributed by atoms with Gasteiger partial charge in [0.25, 0.3) is 0 Å². The second kappa shape index (κ2) is 5.97. The normalized spacial score (nSPS) is 11.8. The van der Waals surface area contributed by atoms with Crippen LogP contribution in [0.4, 0.5) is 13.2 Å². The van der Waals surface area contributed by atoms with Crippen LogP contribution in [0, 0.1) is 6.92 Å². The Hall–Kier alpha value is -0.400. The minimum Gasteiger partial charge on any atom is -0.372 e. The summed E-state index contributed by atoms with van der Waals surface area (Å²) in [5, 5.41) is 0. The minimum absolute atomic E-state index is 0.0392. The van der Waals surface area contributed by atoms with Crippen LogP contribution >= 0.6 is 27.3 Å². The third-order valence-electron chi connectivity index (χ3n) is 1.87. The smallest absolute Gasteiger partial charge is 0.372 e. The van der Waals surface area contributed by atoms with Gasteiger partial charge in [-0.15, -0.1) is 11.3 Å². The number of hydrogen-bond acceptors (Lipinski definition) is 3. The van der Waals surface area contributed by atoms with Gasteiger partial charge in [-0.25, -0.2) is 0 Å². The second-order valence-electron chi connectivity index (χ2n) is 3.41. The molecule has 7 heteroatoms. The number of thiophene rings is 1. The number of rotatable bonds is 5. The first-order valence-electron chi connectivity index (χ1n) is 4.73. The van der Waals surface area contributed by atoms with Crippen molar-refractivity contribution in [3.63, 3.8) is 0 Å². The van der Waals surface area contributed by atoms with Gasteiger partial charge in [0.2, 0.25) is 0 Å². The Kier molecular flexibility index (Phi) is 5.15. The van der Waals surface area contributed by atoms with Crippen LogP contribution in [0.3, 0.4) is 0 Å². The number of aryl methyl sites for hydroxylation is 1. The van der Waals surface area contributed by atoms with Gasteiger partial charge in [0, 0.05) is 6.42 Å². The lowest BCUT2D eigenvalue weighted by Gasteiger charge is -2.06. The van der Waals surface area contributed by atoms with Crippen LogP contribution in [-0.4, -0.2) is 25.2 Å². The molecule has 1 heterocycles. The fourth-order valence-electron chi connectivity index (χ4n) is 1.07. The monoisotopic (exact) mass is 330 g/mol. The Labute approximate surface area is 109 Å². The predicted octanol–water partition coefficient (Wildman–Crippen LogP) is 3.97. The maximum atomic E-state index is 11.7. The van der Waals surface area contributed by atoms with Gasteiger partial charge in [0.1, 0.15) is 6.61 Å². The molecule has 96 valence electrons. The molecule has 0 fully saturated rings. The van der Waals surface area contributed by atoms with E-state index in [-0.39, 0.29) is 18.8 Å². The number of halogens is 4. The molecule has 0 saturated carbocycles. The van der Waals surface area contributed by atoms with Crippen molar-refractivity contribution in [2.75, 3.05) is 13.2 Å². The Morgan fingerprint density at radius 1 is 1.53 bits per heavy atom. The van der Waals surface area contributed by atoms with E-state index in [0.717, 1.165) is 9.35 Å². The van der Waals surface area contributed by atoms with Crippen molar-refractivity contribution in [2.24, 2.45) is 0 Å². The van der Waals surface area contributed by atoms with Crippen LogP contribution in [0.1, 0.15) is 21.7 Å². The van der Waals surface area contributed by atoms with E-state index in [1.54, 1.807) is 6.07 Å². The summed E-state index contributed by atoms with van der Waals surface area (Å²) in [7, 11) is 0. The van der Waals surface area contributed by atoms with Crippen LogP contribution in [0.15, 0.2) is 9.85 Å². The van der Waals surface area contributed by atoms with Crippen molar-refractivity contribution in [1.82, 2.24) is 0 Å². The van der Waals surface area contributed by atoms with Crippen LogP contribution in [0.5, 0.6) is 0 Å². The number of hydrogen-bond donors (Lipinski definition) is 0. The topological polar surface area (TPSA) is 26.3 Å². The van der Waals surface area contributed by atoms with E-state index >= 15 is 0 Å². The molecule has 0 atom stereocenters. The third kappa shape index (κ3) is 5.18. The van der Waals surface area contributed by atoms with Gasteiger partial charge in [0.05, 0.1) is 15.3 Å². The second-order valence-corrected chi connectivity index (χ2v) is 5.78. The van der Waals surface area contributed by atoms with Gasteiger partial charge in [-0.2, -0.15) is 13.2 Å². The zero-order valence-corrected chi connectivity index (χ0v) is 11.3. The molecule has 2 nitrogen and oxygen atoms in total. The van der Waals surface area contributed by atoms with Crippen molar-refractivity contribution >= 4 is 33.0 Å². The summed E-state index contributed by atoms with van der Waals surface area (Å²) in [5.41, 5.74) is 0.939. The van der Waals surface area contributed by atoms with Gasteiger partial charge in [-0.3, -0.25) is 4.79 Å². The van der Waals surface area contributed by atoms with E-state index in [0.29, 0.717) is 4.88 Å². The Morgan fingerprint density at radius 2 is 2.18 bits per heavy atom. The van der Waals surface area contributed by atoms with E-state index in [2.05, 4.69) is 20.7 Å². The van der Waals surface area contributed by atoms with Crippen LogP contribution in [0.2, 0.25) is 0 Å². The summed E-state index contributed by atoms with van der Waals surface area (Å²) < 4.78 is 40.5. The minimum atomic E-state index is -4.34. The molecule has 17 heavy (non-hydrogen) atoms. The number of alkyl halides is 3. The van der Waals surface area contributed by atoms with E-state index in [1.165, 1.54) is 11.3 Å².